The largest absolute Gasteiger partial charge is 0.309 e. The quantitative estimate of drug-likeness (QED) is 0.859. The van der Waals surface area contributed by atoms with Crippen molar-refractivity contribution in [3.8, 4) is 0 Å². The number of halogens is 1. The van der Waals surface area contributed by atoms with Crippen LogP contribution in [0.2, 0.25) is 5.02 Å². The molecule has 1 aliphatic carbocycles. The van der Waals surface area contributed by atoms with E-state index >= 15 is 0 Å². The molecule has 1 nitrogen and oxygen atoms in total. The molecule has 0 aliphatic heterocycles. The van der Waals surface area contributed by atoms with Crippen LogP contribution in [0.25, 0.3) is 0 Å². The zero-order valence-corrected chi connectivity index (χ0v) is 12.8. The highest BCUT2D eigenvalue weighted by molar-refractivity contribution is 7.99. The van der Waals surface area contributed by atoms with Crippen molar-refractivity contribution in [2.75, 3.05) is 5.75 Å². The van der Waals surface area contributed by atoms with E-state index in [0.717, 1.165) is 16.8 Å². The Bertz CT molecular complexity index is 394. The fourth-order valence-electron chi connectivity index (χ4n) is 2.67. The van der Waals surface area contributed by atoms with Gasteiger partial charge < -0.3 is 5.32 Å². The van der Waals surface area contributed by atoms with Gasteiger partial charge in [-0.2, -0.15) is 11.8 Å². The molecule has 18 heavy (non-hydrogen) atoms. The third kappa shape index (κ3) is 3.66. The first-order valence-corrected chi connectivity index (χ1v) is 8.23. The highest BCUT2D eigenvalue weighted by Crippen LogP contribution is 2.30. The van der Waals surface area contributed by atoms with Gasteiger partial charge in [-0.25, -0.2) is 0 Å². The van der Waals surface area contributed by atoms with Crippen molar-refractivity contribution < 1.29 is 0 Å². The first kappa shape index (κ1) is 14.2. The molecule has 1 saturated carbocycles. The molecule has 0 bridgehead atoms. The number of aryl methyl sites for hydroxylation is 1. The molecule has 0 heterocycles. The van der Waals surface area contributed by atoms with Crippen LogP contribution >= 0.6 is 23.4 Å². The third-order valence-electron chi connectivity index (χ3n) is 3.69. The van der Waals surface area contributed by atoms with Crippen LogP contribution in [0.3, 0.4) is 0 Å². The molecule has 1 aromatic carbocycles. The van der Waals surface area contributed by atoms with Crippen LogP contribution in [-0.4, -0.2) is 17.0 Å². The molecule has 2 rings (SSSR count). The molecule has 2 unspecified atom stereocenters. The number of hydrogen-bond donors (Lipinski definition) is 1. The van der Waals surface area contributed by atoms with Gasteiger partial charge in [0.25, 0.3) is 0 Å². The Morgan fingerprint density at radius 2 is 2.22 bits per heavy atom. The van der Waals surface area contributed by atoms with Crippen molar-refractivity contribution in [1.82, 2.24) is 5.32 Å². The second kappa shape index (κ2) is 6.83. The van der Waals surface area contributed by atoms with Gasteiger partial charge in [0.05, 0.1) is 0 Å². The Hall–Kier alpha value is -0.180. The molecule has 0 radical (unpaired) electrons. The summed E-state index contributed by atoms with van der Waals surface area (Å²) in [6.07, 6.45) is 4.06. The van der Waals surface area contributed by atoms with Gasteiger partial charge in [0.2, 0.25) is 0 Å². The Morgan fingerprint density at radius 1 is 1.39 bits per heavy atom. The smallest absolute Gasteiger partial charge is 0.0408 e. The molecule has 1 fully saturated rings. The highest BCUT2D eigenvalue weighted by atomic mass is 35.5. The standard InChI is InChI=1S/C15H22ClNS/c1-3-18-15-6-4-5-14(15)17-10-12-7-8-13(16)9-11(12)2/h7-9,14-15,17H,3-6,10H2,1-2H3. The molecule has 1 aliphatic rings. The molecule has 0 spiro atoms. The zero-order valence-electron chi connectivity index (χ0n) is 11.2. The average Bonchev–Trinajstić information content (AvgIpc) is 2.76. The van der Waals surface area contributed by atoms with Crippen LogP contribution in [-0.2, 0) is 6.54 Å². The number of thioether (sulfide) groups is 1. The molecule has 0 saturated heterocycles. The van der Waals surface area contributed by atoms with E-state index in [1.54, 1.807) is 0 Å². The predicted octanol–water partition coefficient (Wildman–Crippen LogP) is 4.41. The van der Waals surface area contributed by atoms with Gasteiger partial charge in [0.15, 0.2) is 0 Å². The maximum absolute atomic E-state index is 5.98. The lowest BCUT2D eigenvalue weighted by atomic mass is 10.1. The van der Waals surface area contributed by atoms with Crippen LogP contribution in [0.15, 0.2) is 18.2 Å². The van der Waals surface area contributed by atoms with Gasteiger partial charge in [0.1, 0.15) is 0 Å². The van der Waals surface area contributed by atoms with E-state index in [-0.39, 0.29) is 0 Å². The van der Waals surface area contributed by atoms with Crippen LogP contribution in [0.5, 0.6) is 0 Å². The lowest BCUT2D eigenvalue weighted by Crippen LogP contribution is -2.33. The maximum atomic E-state index is 5.98. The topological polar surface area (TPSA) is 12.0 Å². The lowest BCUT2D eigenvalue weighted by Gasteiger charge is -2.20. The Morgan fingerprint density at radius 3 is 2.94 bits per heavy atom. The van der Waals surface area contributed by atoms with Crippen molar-refractivity contribution in [2.24, 2.45) is 0 Å². The summed E-state index contributed by atoms with van der Waals surface area (Å²) in [6, 6.07) is 6.86. The van der Waals surface area contributed by atoms with Crippen LogP contribution < -0.4 is 5.32 Å². The van der Waals surface area contributed by atoms with Gasteiger partial charge in [-0.1, -0.05) is 31.0 Å². The molecule has 1 N–H and O–H groups in total. The Labute approximate surface area is 120 Å². The summed E-state index contributed by atoms with van der Waals surface area (Å²) >= 11 is 8.09. The van der Waals surface area contributed by atoms with E-state index in [2.05, 4.69) is 37.0 Å². The molecular formula is C15H22ClNS. The lowest BCUT2D eigenvalue weighted by molar-refractivity contribution is 0.531. The summed E-state index contributed by atoms with van der Waals surface area (Å²) in [5.41, 5.74) is 2.65. The zero-order chi connectivity index (χ0) is 13.0. The summed E-state index contributed by atoms with van der Waals surface area (Å²) in [5, 5.41) is 5.37. The fraction of sp³-hybridized carbons (Fsp3) is 0.600. The van der Waals surface area contributed by atoms with E-state index in [0.29, 0.717) is 6.04 Å². The van der Waals surface area contributed by atoms with Gasteiger partial charge >= 0.3 is 0 Å². The van der Waals surface area contributed by atoms with E-state index in [9.17, 15) is 0 Å². The average molecular weight is 284 g/mol. The number of nitrogens with one attached hydrogen (secondary N) is 1. The van der Waals surface area contributed by atoms with Crippen LogP contribution in [0, 0.1) is 6.92 Å². The van der Waals surface area contributed by atoms with Crippen molar-refractivity contribution in [3.63, 3.8) is 0 Å². The maximum Gasteiger partial charge on any atom is 0.0408 e. The van der Waals surface area contributed by atoms with Crippen molar-refractivity contribution >= 4 is 23.4 Å². The Balaban J connectivity index is 1.90. The summed E-state index contributed by atoms with van der Waals surface area (Å²) in [6.45, 7) is 5.35. The summed E-state index contributed by atoms with van der Waals surface area (Å²) in [7, 11) is 0. The van der Waals surface area contributed by atoms with Gasteiger partial charge in [0, 0.05) is 22.9 Å². The van der Waals surface area contributed by atoms with E-state index in [1.165, 1.54) is 36.1 Å². The predicted molar refractivity (Wildman–Crippen MR) is 82.6 cm³/mol. The molecule has 2 atom stereocenters. The van der Waals surface area contributed by atoms with Gasteiger partial charge in [-0.05, 0) is 48.8 Å². The molecule has 3 heteroatoms. The summed E-state index contributed by atoms with van der Waals surface area (Å²) < 4.78 is 0. The number of hydrogen-bond acceptors (Lipinski definition) is 2. The molecular weight excluding hydrogens is 262 g/mol. The second-order valence-corrected chi connectivity index (χ2v) is 6.94. The fourth-order valence-corrected chi connectivity index (χ4v) is 4.12. The number of benzene rings is 1. The minimum atomic E-state index is 0.685. The molecule has 0 aromatic heterocycles. The molecule has 0 amide bonds. The second-order valence-electron chi connectivity index (χ2n) is 4.98. The van der Waals surface area contributed by atoms with Crippen molar-refractivity contribution in [3.05, 3.63) is 34.3 Å². The van der Waals surface area contributed by atoms with Gasteiger partial charge in [-0.3, -0.25) is 0 Å². The molecule has 100 valence electrons. The minimum Gasteiger partial charge on any atom is -0.309 e. The monoisotopic (exact) mass is 283 g/mol. The first-order chi connectivity index (χ1) is 8.70. The van der Waals surface area contributed by atoms with Crippen molar-refractivity contribution in [2.45, 2.75) is 50.9 Å². The van der Waals surface area contributed by atoms with E-state index in [4.69, 9.17) is 11.6 Å². The summed E-state index contributed by atoms with van der Waals surface area (Å²) in [4.78, 5) is 0. The third-order valence-corrected chi connectivity index (χ3v) is 5.25. The number of rotatable bonds is 5. The van der Waals surface area contributed by atoms with Crippen LogP contribution in [0.4, 0.5) is 0 Å². The minimum absolute atomic E-state index is 0.685. The normalized spacial score (nSPS) is 23.5. The summed E-state index contributed by atoms with van der Waals surface area (Å²) in [5.74, 6) is 1.23. The molecule has 1 aromatic rings. The van der Waals surface area contributed by atoms with Crippen molar-refractivity contribution in [1.29, 1.82) is 0 Å². The van der Waals surface area contributed by atoms with E-state index < -0.39 is 0 Å². The van der Waals surface area contributed by atoms with Crippen LogP contribution in [0.1, 0.15) is 37.3 Å². The van der Waals surface area contributed by atoms with Gasteiger partial charge in [-0.15, -0.1) is 0 Å². The van der Waals surface area contributed by atoms with E-state index in [1.807, 2.05) is 12.1 Å². The first-order valence-electron chi connectivity index (χ1n) is 6.80. The Kier molecular flexibility index (Phi) is 5.40. The highest BCUT2D eigenvalue weighted by Gasteiger charge is 2.26. The SMILES string of the molecule is CCSC1CCCC1NCc1ccc(Cl)cc1C.